The minimum atomic E-state index is -3.83. The van der Waals surface area contributed by atoms with Crippen LogP contribution in [0.1, 0.15) is 22.1 Å². The largest absolute Gasteiger partial charge is 0.386 e. The Morgan fingerprint density at radius 2 is 1.91 bits per heavy atom. The first-order chi connectivity index (χ1) is 10.2. The molecule has 0 aliphatic carbocycles. The molecule has 1 aromatic heterocycles. The van der Waals surface area contributed by atoms with Gasteiger partial charge in [0.2, 0.25) is 10.0 Å². The molecule has 0 unspecified atom stereocenters. The van der Waals surface area contributed by atoms with Gasteiger partial charge in [-0.15, -0.1) is 11.3 Å². The first kappa shape index (κ1) is 17.7. The number of aliphatic hydroxyl groups excluding tert-OH is 1. The lowest BCUT2D eigenvalue weighted by molar-refractivity contribution is 0.185. The highest BCUT2D eigenvalue weighted by Crippen LogP contribution is 2.29. The average molecular weight is 380 g/mol. The topological polar surface area (TPSA) is 66.4 Å². The maximum atomic E-state index is 12.3. The summed E-state index contributed by atoms with van der Waals surface area (Å²) in [5.41, 5.74) is 1.54. The van der Waals surface area contributed by atoms with Crippen molar-refractivity contribution in [1.82, 2.24) is 4.72 Å². The van der Waals surface area contributed by atoms with E-state index in [9.17, 15) is 13.5 Å². The number of sulfonamides is 1. The Bertz CT molecular complexity index is 787. The van der Waals surface area contributed by atoms with Crippen LogP contribution in [0.4, 0.5) is 0 Å². The molecule has 4 nitrogen and oxygen atoms in total. The fraction of sp³-hybridized carbons (Fsp3) is 0.286. The first-order valence-corrected chi connectivity index (χ1v) is 9.51. The third-order valence-corrected chi connectivity index (χ3v) is 6.59. The summed E-state index contributed by atoms with van der Waals surface area (Å²) in [4.78, 5) is 0.687. The van der Waals surface area contributed by atoms with Crippen molar-refractivity contribution in [3.05, 3.63) is 49.6 Å². The van der Waals surface area contributed by atoms with E-state index in [4.69, 9.17) is 23.2 Å². The molecule has 0 saturated heterocycles. The van der Waals surface area contributed by atoms with Crippen molar-refractivity contribution in [3.8, 4) is 0 Å². The molecule has 0 radical (unpaired) electrons. The van der Waals surface area contributed by atoms with Crippen LogP contribution in [-0.4, -0.2) is 20.1 Å². The summed E-state index contributed by atoms with van der Waals surface area (Å²) in [7, 11) is -3.83. The van der Waals surface area contributed by atoms with E-state index in [1.165, 1.54) is 23.5 Å². The smallest absolute Gasteiger partial charge is 0.242 e. The zero-order chi connectivity index (χ0) is 16.5. The van der Waals surface area contributed by atoms with Gasteiger partial charge in [0.25, 0.3) is 0 Å². The van der Waals surface area contributed by atoms with Crippen LogP contribution in [0.2, 0.25) is 10.0 Å². The van der Waals surface area contributed by atoms with Crippen LogP contribution in [-0.2, 0) is 10.0 Å². The molecule has 2 N–H and O–H groups in total. The Kier molecular flexibility index (Phi) is 5.53. The highest BCUT2D eigenvalue weighted by Gasteiger charge is 2.21. The van der Waals surface area contributed by atoms with Crippen molar-refractivity contribution < 1.29 is 13.5 Å². The molecule has 0 fully saturated rings. The van der Waals surface area contributed by atoms with Crippen molar-refractivity contribution >= 4 is 44.6 Å². The maximum absolute atomic E-state index is 12.3. The van der Waals surface area contributed by atoms with Crippen LogP contribution in [0.25, 0.3) is 0 Å². The van der Waals surface area contributed by atoms with Gasteiger partial charge in [-0.25, -0.2) is 13.1 Å². The predicted octanol–water partition coefficient (Wildman–Crippen LogP) is 3.68. The van der Waals surface area contributed by atoms with Crippen LogP contribution in [0.15, 0.2) is 28.5 Å². The second-order valence-electron chi connectivity index (χ2n) is 4.87. The molecule has 0 amide bonds. The molecule has 22 heavy (non-hydrogen) atoms. The van der Waals surface area contributed by atoms with Gasteiger partial charge in [0.15, 0.2) is 0 Å². The summed E-state index contributed by atoms with van der Waals surface area (Å²) in [6.45, 7) is 3.44. The number of rotatable bonds is 5. The number of aliphatic hydroxyl groups is 1. The Morgan fingerprint density at radius 1 is 1.23 bits per heavy atom. The molecule has 0 aliphatic rings. The van der Waals surface area contributed by atoms with Crippen LogP contribution in [0.3, 0.4) is 0 Å². The van der Waals surface area contributed by atoms with Crippen molar-refractivity contribution in [3.63, 3.8) is 0 Å². The summed E-state index contributed by atoms with van der Waals surface area (Å²) in [6.07, 6.45) is -0.901. The van der Waals surface area contributed by atoms with Gasteiger partial charge >= 0.3 is 0 Å². The van der Waals surface area contributed by atoms with Gasteiger partial charge in [-0.1, -0.05) is 23.2 Å². The minimum Gasteiger partial charge on any atom is -0.386 e. The molecule has 2 rings (SSSR count). The molecule has 1 heterocycles. The number of nitrogens with one attached hydrogen (secondary N) is 1. The summed E-state index contributed by atoms with van der Waals surface area (Å²) in [6, 6.07) is 4.68. The Balaban J connectivity index is 2.19. The molecule has 0 aliphatic heterocycles. The van der Waals surface area contributed by atoms with Crippen LogP contribution >= 0.6 is 34.5 Å². The van der Waals surface area contributed by atoms with Crippen molar-refractivity contribution in [2.24, 2.45) is 0 Å². The fourth-order valence-electron chi connectivity index (χ4n) is 1.92. The van der Waals surface area contributed by atoms with E-state index in [0.29, 0.717) is 10.6 Å². The first-order valence-electron chi connectivity index (χ1n) is 6.39. The van der Waals surface area contributed by atoms with Gasteiger partial charge in [-0.2, -0.15) is 0 Å². The van der Waals surface area contributed by atoms with E-state index in [2.05, 4.69) is 4.72 Å². The summed E-state index contributed by atoms with van der Waals surface area (Å²) >= 11 is 13.3. The molecule has 120 valence electrons. The number of benzene rings is 1. The highest BCUT2D eigenvalue weighted by molar-refractivity contribution is 7.89. The summed E-state index contributed by atoms with van der Waals surface area (Å²) in [5.74, 6) is 0. The van der Waals surface area contributed by atoms with Crippen molar-refractivity contribution in [2.75, 3.05) is 6.54 Å². The van der Waals surface area contributed by atoms with Crippen molar-refractivity contribution in [1.29, 1.82) is 0 Å². The highest BCUT2D eigenvalue weighted by atomic mass is 35.5. The second kappa shape index (κ2) is 6.86. The minimum absolute atomic E-state index is 0.0462. The number of hydrogen-bond donors (Lipinski definition) is 2. The molecule has 1 aromatic carbocycles. The zero-order valence-electron chi connectivity index (χ0n) is 11.9. The third-order valence-electron chi connectivity index (χ3n) is 3.17. The van der Waals surface area contributed by atoms with Gasteiger partial charge in [-0.05, 0) is 48.6 Å². The van der Waals surface area contributed by atoms with Gasteiger partial charge in [0.05, 0.1) is 5.02 Å². The Morgan fingerprint density at radius 3 is 2.50 bits per heavy atom. The number of thiophene rings is 1. The van der Waals surface area contributed by atoms with E-state index in [-0.39, 0.29) is 16.5 Å². The van der Waals surface area contributed by atoms with E-state index in [1.54, 1.807) is 6.92 Å². The van der Waals surface area contributed by atoms with Gasteiger partial charge < -0.3 is 5.11 Å². The van der Waals surface area contributed by atoms with Gasteiger partial charge in [0, 0.05) is 16.4 Å². The van der Waals surface area contributed by atoms with Crippen LogP contribution in [0, 0.1) is 13.8 Å². The zero-order valence-corrected chi connectivity index (χ0v) is 15.1. The molecule has 1 atom stereocenters. The van der Waals surface area contributed by atoms with E-state index < -0.39 is 16.1 Å². The van der Waals surface area contributed by atoms with Gasteiger partial charge in [-0.3, -0.25) is 0 Å². The standard InChI is InChI=1S/C14H15Cl2NO3S2/c1-8-3-4-21-14(8)12(18)7-17-22(19,20)13-5-9(2)10(15)6-11(13)16/h3-6,12,17-18H,7H2,1-2H3/t12-/m1/s1. The maximum Gasteiger partial charge on any atom is 0.242 e. The molecule has 0 saturated carbocycles. The Labute approximate surface area is 143 Å². The average Bonchev–Trinajstić information content (AvgIpc) is 2.86. The molecule has 8 heteroatoms. The van der Waals surface area contributed by atoms with E-state index in [1.807, 2.05) is 18.4 Å². The SMILES string of the molecule is Cc1cc(S(=O)(=O)NC[C@@H](O)c2sccc2C)c(Cl)cc1Cl. The monoisotopic (exact) mass is 379 g/mol. The lowest BCUT2D eigenvalue weighted by atomic mass is 10.2. The number of halogens is 2. The molecular formula is C14H15Cl2NO3S2. The van der Waals surface area contributed by atoms with E-state index >= 15 is 0 Å². The molecular weight excluding hydrogens is 365 g/mol. The van der Waals surface area contributed by atoms with Crippen LogP contribution in [0.5, 0.6) is 0 Å². The number of aryl methyl sites for hydroxylation is 2. The fourth-order valence-corrected chi connectivity index (χ4v) is 4.70. The quantitative estimate of drug-likeness (QED) is 0.832. The lowest BCUT2D eigenvalue weighted by Crippen LogP contribution is -2.28. The number of hydrogen-bond acceptors (Lipinski definition) is 4. The van der Waals surface area contributed by atoms with Crippen LogP contribution < -0.4 is 4.72 Å². The summed E-state index contributed by atoms with van der Waals surface area (Å²) in [5, 5.41) is 12.4. The molecule has 0 bridgehead atoms. The van der Waals surface area contributed by atoms with Gasteiger partial charge in [0.1, 0.15) is 11.0 Å². The third kappa shape index (κ3) is 3.82. The molecule has 0 spiro atoms. The normalized spacial score (nSPS) is 13.3. The van der Waals surface area contributed by atoms with E-state index in [0.717, 1.165) is 10.4 Å². The second-order valence-corrected chi connectivity index (χ2v) is 8.36. The molecule has 2 aromatic rings. The summed E-state index contributed by atoms with van der Waals surface area (Å²) < 4.78 is 27.0. The lowest BCUT2D eigenvalue weighted by Gasteiger charge is -2.13. The predicted molar refractivity (Wildman–Crippen MR) is 90.4 cm³/mol. The van der Waals surface area contributed by atoms with Crippen molar-refractivity contribution in [2.45, 2.75) is 24.8 Å². The Hall–Kier alpha value is -0.630.